The van der Waals surface area contributed by atoms with Crippen molar-refractivity contribution in [2.75, 3.05) is 0 Å². The molecule has 23 heavy (non-hydrogen) atoms. The number of hydrogen-bond donors (Lipinski definition) is 4. The van der Waals surface area contributed by atoms with Crippen molar-refractivity contribution in [1.29, 1.82) is 0 Å². The summed E-state index contributed by atoms with van der Waals surface area (Å²) < 4.78 is 0. The number of carboxylic acid groups (broad SMARTS) is 1. The summed E-state index contributed by atoms with van der Waals surface area (Å²) in [4.78, 5) is 10.4. The summed E-state index contributed by atoms with van der Waals surface area (Å²) in [5, 5.41) is 37.8. The van der Waals surface area contributed by atoms with Gasteiger partial charge in [0.15, 0.2) is 0 Å². The summed E-state index contributed by atoms with van der Waals surface area (Å²) in [7, 11) is 0. The zero-order chi connectivity index (χ0) is 17.5. The standard InChI is InChI=1S/C18H36O5/c1-2-15(19)11-7-6-9-13-17(21)16(20)12-8-4-3-5-10-14-18(22)23/h15-17,19-21H,2-14H2,1H3,(H,22,23). The molecular weight excluding hydrogens is 296 g/mol. The molecule has 0 spiro atoms. The molecule has 0 aromatic rings. The molecule has 5 nitrogen and oxygen atoms in total. The first kappa shape index (κ1) is 22.4. The smallest absolute Gasteiger partial charge is 0.303 e. The van der Waals surface area contributed by atoms with E-state index in [2.05, 4.69) is 0 Å². The van der Waals surface area contributed by atoms with E-state index in [0.717, 1.165) is 57.8 Å². The maximum absolute atomic E-state index is 10.4. The van der Waals surface area contributed by atoms with Gasteiger partial charge in [0.1, 0.15) is 0 Å². The Morgan fingerprint density at radius 2 is 1.17 bits per heavy atom. The Hall–Kier alpha value is -0.650. The first-order valence-electron chi connectivity index (χ1n) is 9.23. The first-order chi connectivity index (χ1) is 11.0. The Bertz CT molecular complexity index is 283. The van der Waals surface area contributed by atoms with Crippen molar-refractivity contribution in [3.8, 4) is 0 Å². The van der Waals surface area contributed by atoms with Gasteiger partial charge in [-0.15, -0.1) is 0 Å². The molecule has 4 N–H and O–H groups in total. The van der Waals surface area contributed by atoms with Crippen LogP contribution in [0.4, 0.5) is 0 Å². The highest BCUT2D eigenvalue weighted by atomic mass is 16.4. The molecule has 0 saturated carbocycles. The molecule has 0 radical (unpaired) electrons. The van der Waals surface area contributed by atoms with Crippen molar-refractivity contribution in [2.45, 2.75) is 109 Å². The summed E-state index contributed by atoms with van der Waals surface area (Å²) in [5.74, 6) is -0.743. The highest BCUT2D eigenvalue weighted by Crippen LogP contribution is 2.15. The number of hydrogen-bond acceptors (Lipinski definition) is 4. The van der Waals surface area contributed by atoms with Gasteiger partial charge in [-0.2, -0.15) is 0 Å². The Balaban J connectivity index is 3.44. The van der Waals surface area contributed by atoms with Crippen molar-refractivity contribution in [2.24, 2.45) is 0 Å². The third-order valence-electron chi connectivity index (χ3n) is 4.34. The van der Waals surface area contributed by atoms with Gasteiger partial charge < -0.3 is 20.4 Å². The lowest BCUT2D eigenvalue weighted by atomic mass is 9.99. The van der Waals surface area contributed by atoms with Crippen LogP contribution < -0.4 is 0 Å². The lowest BCUT2D eigenvalue weighted by molar-refractivity contribution is -0.137. The summed E-state index contributed by atoms with van der Waals surface area (Å²) in [5.41, 5.74) is 0. The predicted molar refractivity (Wildman–Crippen MR) is 91.4 cm³/mol. The van der Waals surface area contributed by atoms with Gasteiger partial charge in [-0.05, 0) is 32.1 Å². The lowest BCUT2D eigenvalue weighted by Crippen LogP contribution is -2.25. The van der Waals surface area contributed by atoms with Crippen molar-refractivity contribution in [1.82, 2.24) is 0 Å². The van der Waals surface area contributed by atoms with E-state index in [-0.39, 0.29) is 12.5 Å². The summed E-state index contributed by atoms with van der Waals surface area (Å²) in [6.07, 6.45) is 8.81. The van der Waals surface area contributed by atoms with Crippen molar-refractivity contribution in [3.05, 3.63) is 0 Å². The molecule has 3 unspecified atom stereocenters. The molecule has 5 heteroatoms. The largest absolute Gasteiger partial charge is 0.481 e. The minimum atomic E-state index is -0.743. The predicted octanol–water partition coefficient (Wildman–Crippen LogP) is 3.24. The van der Waals surface area contributed by atoms with Crippen molar-refractivity contribution < 1.29 is 25.2 Å². The number of aliphatic carboxylic acids is 1. The number of carboxylic acids is 1. The fraction of sp³-hybridized carbons (Fsp3) is 0.944. The van der Waals surface area contributed by atoms with Gasteiger partial charge in [-0.25, -0.2) is 0 Å². The molecule has 0 amide bonds. The fourth-order valence-corrected chi connectivity index (χ4v) is 2.66. The van der Waals surface area contributed by atoms with Crippen LogP contribution in [0.15, 0.2) is 0 Å². The van der Waals surface area contributed by atoms with Crippen LogP contribution in [0.25, 0.3) is 0 Å². The SMILES string of the molecule is CCC(O)CCCCCC(O)C(O)CCCCCCCC(=O)O. The van der Waals surface area contributed by atoms with Crippen LogP contribution in [0.3, 0.4) is 0 Å². The minimum absolute atomic E-state index is 0.207. The number of aliphatic hydroxyl groups is 3. The number of aliphatic hydroxyl groups excluding tert-OH is 3. The van der Waals surface area contributed by atoms with Gasteiger partial charge in [-0.3, -0.25) is 4.79 Å². The molecule has 0 rings (SSSR count). The minimum Gasteiger partial charge on any atom is -0.481 e. The van der Waals surface area contributed by atoms with Crippen LogP contribution in [0.1, 0.15) is 90.4 Å². The lowest BCUT2D eigenvalue weighted by Gasteiger charge is -2.17. The number of rotatable bonds is 16. The van der Waals surface area contributed by atoms with E-state index in [9.17, 15) is 20.1 Å². The Kier molecular flexibility index (Phi) is 14.5. The van der Waals surface area contributed by atoms with E-state index >= 15 is 0 Å². The maximum atomic E-state index is 10.4. The molecular formula is C18H36O5. The zero-order valence-corrected chi connectivity index (χ0v) is 14.6. The molecule has 0 saturated heterocycles. The third kappa shape index (κ3) is 14.7. The van der Waals surface area contributed by atoms with Gasteiger partial charge in [0, 0.05) is 6.42 Å². The molecule has 0 bridgehead atoms. The van der Waals surface area contributed by atoms with Crippen molar-refractivity contribution >= 4 is 5.97 Å². The van der Waals surface area contributed by atoms with E-state index < -0.39 is 18.2 Å². The first-order valence-corrected chi connectivity index (χ1v) is 9.23. The van der Waals surface area contributed by atoms with Crippen molar-refractivity contribution in [3.63, 3.8) is 0 Å². The fourth-order valence-electron chi connectivity index (χ4n) is 2.66. The van der Waals surface area contributed by atoms with E-state index in [1.54, 1.807) is 0 Å². The van der Waals surface area contributed by atoms with Crippen LogP contribution in [-0.4, -0.2) is 44.7 Å². The highest BCUT2D eigenvalue weighted by Gasteiger charge is 2.15. The molecule has 0 aliphatic carbocycles. The van der Waals surface area contributed by atoms with Gasteiger partial charge >= 0.3 is 5.97 Å². The summed E-state index contributed by atoms with van der Waals surface area (Å²) in [6, 6.07) is 0. The van der Waals surface area contributed by atoms with Crippen LogP contribution in [0, 0.1) is 0 Å². The second-order valence-electron chi connectivity index (χ2n) is 6.53. The third-order valence-corrected chi connectivity index (χ3v) is 4.34. The summed E-state index contributed by atoms with van der Waals surface area (Å²) >= 11 is 0. The van der Waals surface area contributed by atoms with E-state index in [1.807, 2.05) is 6.92 Å². The Morgan fingerprint density at radius 3 is 1.70 bits per heavy atom. The summed E-state index contributed by atoms with van der Waals surface area (Å²) in [6.45, 7) is 1.97. The molecule has 0 aliphatic heterocycles. The highest BCUT2D eigenvalue weighted by molar-refractivity contribution is 5.66. The average molecular weight is 332 g/mol. The quantitative estimate of drug-likeness (QED) is 0.325. The maximum Gasteiger partial charge on any atom is 0.303 e. The van der Waals surface area contributed by atoms with Gasteiger partial charge in [0.25, 0.3) is 0 Å². The number of unbranched alkanes of at least 4 members (excludes halogenated alkanes) is 6. The van der Waals surface area contributed by atoms with Gasteiger partial charge in [-0.1, -0.05) is 51.9 Å². The molecule has 3 atom stereocenters. The van der Waals surface area contributed by atoms with Gasteiger partial charge in [0.05, 0.1) is 18.3 Å². The average Bonchev–Trinajstić information content (AvgIpc) is 2.52. The second-order valence-corrected chi connectivity index (χ2v) is 6.53. The monoisotopic (exact) mass is 332 g/mol. The molecule has 0 aromatic carbocycles. The van der Waals surface area contributed by atoms with Crippen LogP contribution in [0.5, 0.6) is 0 Å². The molecule has 138 valence electrons. The van der Waals surface area contributed by atoms with E-state index in [1.165, 1.54) is 0 Å². The topological polar surface area (TPSA) is 98.0 Å². The normalized spacial score (nSPS) is 15.3. The molecule has 0 fully saturated rings. The van der Waals surface area contributed by atoms with Crippen LogP contribution in [0.2, 0.25) is 0 Å². The zero-order valence-electron chi connectivity index (χ0n) is 14.6. The van der Waals surface area contributed by atoms with Gasteiger partial charge in [0.2, 0.25) is 0 Å². The van der Waals surface area contributed by atoms with E-state index in [0.29, 0.717) is 19.3 Å². The molecule has 0 aliphatic rings. The van der Waals surface area contributed by atoms with E-state index in [4.69, 9.17) is 5.11 Å². The van der Waals surface area contributed by atoms with Crippen LogP contribution >= 0.6 is 0 Å². The molecule has 0 aromatic heterocycles. The molecule has 0 heterocycles. The van der Waals surface area contributed by atoms with Crippen LogP contribution in [-0.2, 0) is 4.79 Å². The Labute approximate surface area is 140 Å². The second kappa shape index (κ2) is 14.9. The Morgan fingerprint density at radius 1 is 0.739 bits per heavy atom. The number of carbonyl (C=O) groups is 1.